The van der Waals surface area contributed by atoms with Crippen molar-refractivity contribution in [2.75, 3.05) is 6.54 Å². The molecule has 0 saturated carbocycles. The third kappa shape index (κ3) is 6.29. The highest BCUT2D eigenvalue weighted by molar-refractivity contribution is 5.66. The highest BCUT2D eigenvalue weighted by Gasteiger charge is 2.18. The zero-order chi connectivity index (χ0) is 15.9. The van der Waals surface area contributed by atoms with Crippen LogP contribution in [0.1, 0.15) is 58.3 Å². The Labute approximate surface area is 127 Å². The van der Waals surface area contributed by atoms with Gasteiger partial charge in [-0.15, -0.1) is 0 Å². The Hall–Kier alpha value is -1.36. The first-order chi connectivity index (χ1) is 9.88. The lowest BCUT2D eigenvalue weighted by Crippen LogP contribution is -2.24. The van der Waals surface area contributed by atoms with Gasteiger partial charge in [-0.3, -0.25) is 9.48 Å². The molecule has 0 fully saturated rings. The average Bonchev–Trinajstić information content (AvgIpc) is 2.84. The van der Waals surface area contributed by atoms with E-state index in [0.29, 0.717) is 0 Å². The molecule has 0 aliphatic rings. The summed E-state index contributed by atoms with van der Waals surface area (Å²) in [6.07, 6.45) is 2.90. The van der Waals surface area contributed by atoms with Crippen LogP contribution in [0.25, 0.3) is 0 Å². The number of hydrogen-bond donors (Lipinski definition) is 2. The summed E-state index contributed by atoms with van der Waals surface area (Å²) in [7, 11) is 0. The van der Waals surface area contributed by atoms with Gasteiger partial charge in [0.2, 0.25) is 0 Å². The SMILES string of the molecule is CCc1cc(CNCCC(C)(C)CCC(=O)O)n(CC)n1. The van der Waals surface area contributed by atoms with Crippen molar-refractivity contribution in [2.45, 2.75) is 66.5 Å². The molecule has 0 saturated heterocycles. The van der Waals surface area contributed by atoms with Gasteiger partial charge in [-0.2, -0.15) is 5.10 Å². The third-order valence-electron chi connectivity index (χ3n) is 3.88. The van der Waals surface area contributed by atoms with Gasteiger partial charge in [0.15, 0.2) is 0 Å². The molecule has 0 aliphatic heterocycles. The maximum atomic E-state index is 10.6. The average molecular weight is 295 g/mol. The number of carboxylic acids is 1. The number of carbonyl (C=O) groups is 1. The highest BCUT2D eigenvalue weighted by atomic mass is 16.4. The largest absolute Gasteiger partial charge is 0.481 e. The zero-order valence-corrected chi connectivity index (χ0v) is 13.8. The van der Waals surface area contributed by atoms with Crippen LogP contribution in [0.5, 0.6) is 0 Å². The third-order valence-corrected chi connectivity index (χ3v) is 3.88. The van der Waals surface area contributed by atoms with Gasteiger partial charge in [0.1, 0.15) is 0 Å². The number of aryl methyl sites for hydroxylation is 2. The summed E-state index contributed by atoms with van der Waals surface area (Å²) >= 11 is 0. The van der Waals surface area contributed by atoms with Gasteiger partial charge in [0.25, 0.3) is 0 Å². The maximum Gasteiger partial charge on any atom is 0.303 e. The van der Waals surface area contributed by atoms with E-state index in [-0.39, 0.29) is 11.8 Å². The number of carboxylic acid groups (broad SMARTS) is 1. The first-order valence-corrected chi connectivity index (χ1v) is 7.86. The van der Waals surface area contributed by atoms with Crippen LogP contribution >= 0.6 is 0 Å². The Kier molecular flexibility index (Phi) is 6.89. The van der Waals surface area contributed by atoms with Crippen LogP contribution in [0.15, 0.2) is 6.07 Å². The molecule has 120 valence electrons. The van der Waals surface area contributed by atoms with Crippen LogP contribution in [-0.4, -0.2) is 27.4 Å². The van der Waals surface area contributed by atoms with Crippen molar-refractivity contribution in [1.29, 1.82) is 0 Å². The molecule has 1 aromatic rings. The van der Waals surface area contributed by atoms with Crippen LogP contribution in [0.2, 0.25) is 0 Å². The molecule has 0 amide bonds. The fourth-order valence-electron chi connectivity index (χ4n) is 2.32. The van der Waals surface area contributed by atoms with E-state index < -0.39 is 5.97 Å². The van der Waals surface area contributed by atoms with Crippen LogP contribution in [-0.2, 0) is 24.3 Å². The first-order valence-electron chi connectivity index (χ1n) is 7.86. The summed E-state index contributed by atoms with van der Waals surface area (Å²) < 4.78 is 2.04. The molecular formula is C16H29N3O2. The van der Waals surface area contributed by atoms with Crippen molar-refractivity contribution < 1.29 is 9.90 Å². The summed E-state index contributed by atoms with van der Waals surface area (Å²) in [5.74, 6) is -0.713. The number of nitrogens with zero attached hydrogens (tertiary/aromatic N) is 2. The zero-order valence-electron chi connectivity index (χ0n) is 13.8. The fraction of sp³-hybridized carbons (Fsp3) is 0.750. The molecule has 0 bridgehead atoms. The topological polar surface area (TPSA) is 67.2 Å². The summed E-state index contributed by atoms with van der Waals surface area (Å²) in [5.41, 5.74) is 2.42. The molecule has 5 nitrogen and oxygen atoms in total. The van der Waals surface area contributed by atoms with Gasteiger partial charge in [-0.25, -0.2) is 0 Å². The molecule has 5 heteroatoms. The van der Waals surface area contributed by atoms with Crippen molar-refractivity contribution in [2.24, 2.45) is 5.41 Å². The lowest BCUT2D eigenvalue weighted by molar-refractivity contribution is -0.137. The number of rotatable bonds is 10. The van der Waals surface area contributed by atoms with Crippen LogP contribution in [0.3, 0.4) is 0 Å². The number of aliphatic carboxylic acids is 1. The van der Waals surface area contributed by atoms with Gasteiger partial charge in [-0.1, -0.05) is 20.8 Å². The second kappa shape index (κ2) is 8.17. The van der Waals surface area contributed by atoms with E-state index in [1.54, 1.807) is 0 Å². The predicted octanol–water partition coefficient (Wildman–Crippen LogP) is 2.84. The molecule has 2 N–H and O–H groups in total. The quantitative estimate of drug-likeness (QED) is 0.651. The Morgan fingerprint density at radius 2 is 2.10 bits per heavy atom. The Bertz CT molecular complexity index is 452. The minimum Gasteiger partial charge on any atom is -0.481 e. The fourth-order valence-corrected chi connectivity index (χ4v) is 2.32. The van der Waals surface area contributed by atoms with Crippen molar-refractivity contribution in [3.63, 3.8) is 0 Å². The number of nitrogens with one attached hydrogen (secondary N) is 1. The second-order valence-corrected chi connectivity index (χ2v) is 6.28. The van der Waals surface area contributed by atoms with E-state index in [1.807, 2.05) is 4.68 Å². The monoisotopic (exact) mass is 295 g/mol. The van der Waals surface area contributed by atoms with Crippen molar-refractivity contribution >= 4 is 5.97 Å². The normalized spacial score (nSPS) is 11.8. The maximum absolute atomic E-state index is 10.6. The summed E-state index contributed by atoms with van der Waals surface area (Å²) in [6, 6.07) is 2.16. The van der Waals surface area contributed by atoms with Crippen LogP contribution in [0.4, 0.5) is 0 Å². The van der Waals surface area contributed by atoms with E-state index in [2.05, 4.69) is 44.2 Å². The smallest absolute Gasteiger partial charge is 0.303 e. The van der Waals surface area contributed by atoms with E-state index in [0.717, 1.165) is 44.6 Å². The molecule has 21 heavy (non-hydrogen) atoms. The number of hydrogen-bond acceptors (Lipinski definition) is 3. The van der Waals surface area contributed by atoms with Crippen molar-refractivity contribution in [3.8, 4) is 0 Å². The Morgan fingerprint density at radius 1 is 1.38 bits per heavy atom. The molecule has 0 atom stereocenters. The molecule has 0 radical (unpaired) electrons. The lowest BCUT2D eigenvalue weighted by Gasteiger charge is -2.23. The van der Waals surface area contributed by atoms with Gasteiger partial charge < -0.3 is 10.4 Å². The van der Waals surface area contributed by atoms with E-state index >= 15 is 0 Å². The molecule has 1 heterocycles. The summed E-state index contributed by atoms with van der Waals surface area (Å²) in [4.78, 5) is 10.6. The molecule has 0 unspecified atom stereocenters. The molecule has 0 aromatic carbocycles. The van der Waals surface area contributed by atoms with Crippen LogP contribution in [0, 0.1) is 5.41 Å². The molecule has 1 rings (SSSR count). The van der Waals surface area contributed by atoms with Crippen molar-refractivity contribution in [3.05, 3.63) is 17.5 Å². The lowest BCUT2D eigenvalue weighted by atomic mass is 9.84. The number of aromatic nitrogens is 2. The summed E-state index contributed by atoms with van der Waals surface area (Å²) in [6.45, 7) is 11.1. The van der Waals surface area contributed by atoms with E-state index in [4.69, 9.17) is 5.11 Å². The van der Waals surface area contributed by atoms with E-state index in [1.165, 1.54) is 5.69 Å². The minimum absolute atomic E-state index is 0.0605. The first kappa shape index (κ1) is 17.7. The highest BCUT2D eigenvalue weighted by Crippen LogP contribution is 2.26. The second-order valence-electron chi connectivity index (χ2n) is 6.28. The Balaban J connectivity index is 2.36. The Morgan fingerprint density at radius 3 is 2.67 bits per heavy atom. The summed E-state index contributed by atoms with van der Waals surface area (Å²) in [5, 5.41) is 16.7. The minimum atomic E-state index is -0.713. The van der Waals surface area contributed by atoms with Crippen LogP contribution < -0.4 is 5.32 Å². The van der Waals surface area contributed by atoms with Crippen molar-refractivity contribution in [1.82, 2.24) is 15.1 Å². The van der Waals surface area contributed by atoms with Gasteiger partial charge >= 0.3 is 5.97 Å². The molecule has 0 aliphatic carbocycles. The van der Waals surface area contributed by atoms with Gasteiger partial charge in [0, 0.05) is 19.5 Å². The van der Waals surface area contributed by atoms with Gasteiger partial charge in [0.05, 0.1) is 11.4 Å². The molecule has 0 spiro atoms. The molecular weight excluding hydrogens is 266 g/mol. The van der Waals surface area contributed by atoms with E-state index in [9.17, 15) is 4.79 Å². The standard InChI is InChI=1S/C16H29N3O2/c1-5-13-11-14(19(6-2)18-13)12-17-10-9-16(3,4)8-7-15(20)21/h11,17H,5-10,12H2,1-4H3,(H,20,21). The van der Waals surface area contributed by atoms with Gasteiger partial charge in [-0.05, 0) is 44.2 Å². The predicted molar refractivity (Wildman–Crippen MR) is 84.3 cm³/mol. The molecule has 1 aromatic heterocycles.